The van der Waals surface area contributed by atoms with Crippen molar-refractivity contribution in [1.82, 2.24) is 0 Å². The van der Waals surface area contributed by atoms with Crippen LogP contribution in [-0.2, 0) is 9.19 Å². The van der Waals surface area contributed by atoms with Gasteiger partial charge in [-0.25, -0.2) is 4.57 Å². The molecule has 1 aromatic rings. The van der Waals surface area contributed by atoms with Crippen LogP contribution >= 0.6 is 7.82 Å². The molecular formula is C6H8NO6P. The van der Waals surface area contributed by atoms with Crippen molar-refractivity contribution in [2.45, 2.75) is 0 Å². The van der Waals surface area contributed by atoms with Crippen LogP contribution in [0, 0.1) is 10.1 Å². The summed E-state index contributed by atoms with van der Waals surface area (Å²) in [6, 6.07) is 12.0. The second kappa shape index (κ2) is 6.09. The summed E-state index contributed by atoms with van der Waals surface area (Å²) in [6.07, 6.45) is 0. The lowest BCUT2D eigenvalue weighted by Crippen LogP contribution is -1.96. The van der Waals surface area contributed by atoms with Crippen LogP contribution in [0.3, 0.4) is 0 Å². The van der Waals surface area contributed by atoms with E-state index in [4.69, 9.17) is 19.9 Å². The van der Waals surface area contributed by atoms with Crippen LogP contribution < -0.4 is 0 Å². The van der Waals surface area contributed by atoms with E-state index in [-0.39, 0.29) is 0 Å². The van der Waals surface area contributed by atoms with Gasteiger partial charge in [-0.3, -0.25) is 0 Å². The Morgan fingerprint density at radius 2 is 1.36 bits per heavy atom. The Morgan fingerprint density at radius 1 is 1.07 bits per heavy atom. The lowest BCUT2D eigenvalue weighted by atomic mass is 10.4. The molecule has 0 bridgehead atoms. The van der Waals surface area contributed by atoms with Crippen molar-refractivity contribution in [1.29, 1.82) is 0 Å². The van der Waals surface area contributed by atoms with Crippen LogP contribution in [0.15, 0.2) is 36.4 Å². The minimum Gasteiger partial charge on any atom is -0.305 e. The van der Waals surface area contributed by atoms with Crippen molar-refractivity contribution >= 4 is 7.82 Å². The van der Waals surface area contributed by atoms with E-state index < -0.39 is 12.9 Å². The van der Waals surface area contributed by atoms with Gasteiger partial charge in [-0.05, 0) is 0 Å². The summed E-state index contributed by atoms with van der Waals surface area (Å²) in [5, 5.41) is 7.55. The van der Waals surface area contributed by atoms with E-state index >= 15 is 0 Å². The van der Waals surface area contributed by atoms with Crippen molar-refractivity contribution in [3.8, 4) is 0 Å². The second-order valence-electron chi connectivity index (χ2n) is 1.95. The maximum absolute atomic E-state index is 9.47. The quantitative estimate of drug-likeness (QED) is 0.437. The van der Waals surface area contributed by atoms with E-state index in [1.807, 2.05) is 36.4 Å². The highest BCUT2D eigenvalue weighted by Crippen LogP contribution is 2.35. The number of hydrogen-bond acceptors (Lipinski definition) is 4. The molecule has 0 radical (unpaired) electrons. The molecule has 2 N–H and O–H groups in total. The third-order valence-electron chi connectivity index (χ3n) is 0.840. The van der Waals surface area contributed by atoms with Gasteiger partial charge in [0.05, 0.1) is 0 Å². The fourth-order valence-corrected chi connectivity index (χ4v) is 0.645. The summed E-state index contributed by atoms with van der Waals surface area (Å²) in [6.45, 7) is 0. The molecule has 1 aromatic carbocycles. The van der Waals surface area contributed by atoms with Crippen molar-refractivity contribution < 1.29 is 24.1 Å². The molecule has 0 unspecified atom stereocenters. The molecule has 0 aromatic heterocycles. The zero-order valence-electron chi connectivity index (χ0n) is 6.89. The molecule has 0 aliphatic rings. The normalized spacial score (nSPS) is 9.57. The maximum atomic E-state index is 9.47. The minimum absolute atomic E-state index is 1.55. The Labute approximate surface area is 79.3 Å². The Bertz CT molecular complexity index is 283. The zero-order valence-corrected chi connectivity index (χ0v) is 7.78. The summed E-state index contributed by atoms with van der Waals surface area (Å²) in [7, 11) is -4.92. The first-order valence-electron chi connectivity index (χ1n) is 3.31. The van der Waals surface area contributed by atoms with Gasteiger partial charge in [0.15, 0.2) is 0 Å². The van der Waals surface area contributed by atoms with Crippen molar-refractivity contribution in [3.63, 3.8) is 0 Å². The van der Waals surface area contributed by atoms with Gasteiger partial charge in [0.1, 0.15) is 0 Å². The van der Waals surface area contributed by atoms with Crippen molar-refractivity contribution in [3.05, 3.63) is 46.5 Å². The van der Waals surface area contributed by atoms with Gasteiger partial charge in [0, 0.05) is 0 Å². The van der Waals surface area contributed by atoms with Gasteiger partial charge in [0.25, 0.3) is 0 Å². The number of benzene rings is 1. The summed E-state index contributed by atoms with van der Waals surface area (Å²) in [4.78, 5) is 24.4. The molecule has 0 amide bonds. The standard InChI is InChI=1S/C6H6.H2NO6P/c1-2-4-6-5-3-1;2-1(3)7-8(4,5)6/h1-6H;(H2,4,5,6). The van der Waals surface area contributed by atoms with E-state index in [9.17, 15) is 4.57 Å². The second-order valence-corrected chi connectivity index (χ2v) is 3.09. The molecule has 0 saturated carbocycles. The monoisotopic (exact) mass is 221 g/mol. The Kier molecular flexibility index (Phi) is 5.47. The first-order chi connectivity index (χ1) is 6.42. The fraction of sp³-hybridized carbons (Fsp3) is 0. The molecule has 8 heteroatoms. The third kappa shape index (κ3) is 10.6. The van der Waals surface area contributed by atoms with Crippen molar-refractivity contribution in [2.24, 2.45) is 0 Å². The molecule has 0 aliphatic carbocycles. The molecule has 7 nitrogen and oxygen atoms in total. The molecule has 14 heavy (non-hydrogen) atoms. The van der Waals surface area contributed by atoms with Crippen LogP contribution in [-0.4, -0.2) is 14.9 Å². The lowest BCUT2D eigenvalue weighted by molar-refractivity contribution is -0.718. The Balaban J connectivity index is 0.000000249. The molecular weight excluding hydrogens is 213 g/mol. The van der Waals surface area contributed by atoms with Gasteiger partial charge in [0.2, 0.25) is 0 Å². The fourth-order valence-electron chi connectivity index (χ4n) is 0.472. The summed E-state index contributed by atoms with van der Waals surface area (Å²) >= 11 is 0. The van der Waals surface area contributed by atoms with Crippen LogP contribution in [0.5, 0.6) is 0 Å². The number of phosphoric acid groups is 1. The van der Waals surface area contributed by atoms with E-state index in [1.54, 1.807) is 0 Å². The van der Waals surface area contributed by atoms with Crippen molar-refractivity contribution in [2.75, 3.05) is 0 Å². The number of hydrogen-bond donors (Lipinski definition) is 2. The van der Waals surface area contributed by atoms with E-state index in [0.717, 1.165) is 0 Å². The topological polar surface area (TPSA) is 110 Å². The van der Waals surface area contributed by atoms with E-state index in [0.29, 0.717) is 0 Å². The summed E-state index contributed by atoms with van der Waals surface area (Å²) < 4.78 is 12.3. The smallest absolute Gasteiger partial charge is 0.305 e. The SMILES string of the molecule is O=[N+]([O-])OP(=O)(O)O.c1ccccc1. The number of nitrogens with zero attached hydrogens (tertiary/aromatic N) is 1. The first kappa shape index (κ1) is 12.6. The Morgan fingerprint density at radius 3 is 1.43 bits per heavy atom. The molecule has 0 heterocycles. The first-order valence-corrected chi connectivity index (χ1v) is 4.84. The average molecular weight is 221 g/mol. The largest absolute Gasteiger partial charge is 0.501 e. The molecule has 1 rings (SSSR count). The van der Waals surface area contributed by atoms with E-state index in [1.165, 1.54) is 0 Å². The zero-order chi connectivity index (χ0) is 11.0. The summed E-state index contributed by atoms with van der Waals surface area (Å²) in [5.74, 6) is 0. The predicted octanol–water partition coefficient (Wildman–Crippen LogP) is 0.974. The number of rotatable bonds is 2. The van der Waals surface area contributed by atoms with Crippen LogP contribution in [0.2, 0.25) is 0 Å². The highest BCUT2D eigenvalue weighted by molar-refractivity contribution is 7.46. The molecule has 78 valence electrons. The Hall–Kier alpha value is -1.43. The molecule has 0 fully saturated rings. The van der Waals surface area contributed by atoms with E-state index in [2.05, 4.69) is 4.62 Å². The highest BCUT2D eigenvalue weighted by atomic mass is 31.2. The molecule has 0 spiro atoms. The van der Waals surface area contributed by atoms with Gasteiger partial charge in [-0.1, -0.05) is 36.4 Å². The van der Waals surface area contributed by atoms with Crippen LogP contribution in [0.4, 0.5) is 0 Å². The predicted molar refractivity (Wildman–Crippen MR) is 46.6 cm³/mol. The molecule has 0 aliphatic heterocycles. The van der Waals surface area contributed by atoms with Gasteiger partial charge in [-0.15, -0.1) is 10.1 Å². The molecule has 0 saturated heterocycles. The van der Waals surface area contributed by atoms with Gasteiger partial charge < -0.3 is 9.79 Å². The summed E-state index contributed by atoms with van der Waals surface area (Å²) in [5.41, 5.74) is 0. The maximum Gasteiger partial charge on any atom is 0.501 e. The minimum atomic E-state index is -4.92. The third-order valence-corrected chi connectivity index (χ3v) is 1.19. The highest BCUT2D eigenvalue weighted by Gasteiger charge is 2.17. The van der Waals surface area contributed by atoms with Gasteiger partial charge in [-0.2, -0.15) is 4.62 Å². The molecule has 0 atom stereocenters. The average Bonchev–Trinajstić information content (AvgIpc) is 2.03. The van der Waals surface area contributed by atoms with Crippen LogP contribution in [0.1, 0.15) is 0 Å². The van der Waals surface area contributed by atoms with Gasteiger partial charge >= 0.3 is 12.9 Å². The lowest BCUT2D eigenvalue weighted by Gasteiger charge is -1.95. The van der Waals surface area contributed by atoms with Crippen LogP contribution in [0.25, 0.3) is 0 Å².